The number of amides is 3. The molecule has 3 aliphatic rings. The van der Waals surface area contributed by atoms with Crippen LogP contribution in [0, 0.1) is 18.8 Å². The fourth-order valence-electron chi connectivity index (χ4n) is 5.05. The van der Waals surface area contributed by atoms with Crippen molar-refractivity contribution in [2.45, 2.75) is 82.4 Å². The molecule has 5 rings (SSSR count). The smallest absolute Gasteiger partial charge is 0.258 e. The van der Waals surface area contributed by atoms with Crippen LogP contribution in [0.15, 0.2) is 35.9 Å². The number of aromatic amines is 1. The quantitative estimate of drug-likeness (QED) is 0.188. The Morgan fingerprint density at radius 1 is 1.16 bits per heavy atom. The van der Waals surface area contributed by atoms with Crippen molar-refractivity contribution in [2.24, 2.45) is 11.8 Å². The van der Waals surface area contributed by atoms with E-state index in [1.165, 1.54) is 6.33 Å². The highest BCUT2D eigenvalue weighted by molar-refractivity contribution is 7.84. The number of allylic oxidation sites excluding steroid dienone is 1. The minimum atomic E-state index is -1.08. The maximum Gasteiger partial charge on any atom is 0.258 e. The number of carbonyl (C=O) groups is 3. The predicted octanol–water partition coefficient (Wildman–Crippen LogP) is 3.29. The van der Waals surface area contributed by atoms with E-state index in [0.29, 0.717) is 23.4 Å². The van der Waals surface area contributed by atoms with Gasteiger partial charge in [-0.3, -0.25) is 23.9 Å². The van der Waals surface area contributed by atoms with E-state index in [0.717, 1.165) is 82.1 Å². The minimum Gasteiger partial charge on any atom is -0.496 e. The number of H-pyrrole nitrogens is 1. The molecule has 12 heteroatoms. The Kier molecular flexibility index (Phi) is 13.4. The fourth-order valence-corrected chi connectivity index (χ4v) is 5.90. The Balaban J connectivity index is 0.000000196. The zero-order valence-corrected chi connectivity index (χ0v) is 26.3. The first-order valence-electron chi connectivity index (χ1n) is 15.0. The summed E-state index contributed by atoms with van der Waals surface area (Å²) in [7, 11) is 2.39. The van der Waals surface area contributed by atoms with Gasteiger partial charge in [0.25, 0.3) is 5.56 Å². The second-order valence-corrected chi connectivity index (χ2v) is 12.7. The SMILES string of the molecule is C=CCCCCN(C)C(=O)C1CCCC1C(=O)NC1CC1.COc1ccc2c(=O)[nH]cnc2c1C.O=CNS(=O)C1CC1. The summed E-state index contributed by atoms with van der Waals surface area (Å²) < 4.78 is 17.9. The Morgan fingerprint density at radius 2 is 1.88 bits per heavy atom. The van der Waals surface area contributed by atoms with Gasteiger partial charge in [-0.15, -0.1) is 6.58 Å². The van der Waals surface area contributed by atoms with Crippen LogP contribution < -0.4 is 20.3 Å². The molecular formula is C31H45N5O6S. The van der Waals surface area contributed by atoms with Crippen molar-refractivity contribution in [3.63, 3.8) is 0 Å². The molecule has 236 valence electrons. The fraction of sp³-hybridized carbons (Fsp3) is 0.581. The van der Waals surface area contributed by atoms with Gasteiger partial charge in [-0.2, -0.15) is 0 Å². The standard InChI is InChI=1S/C17H28N2O2.C10H10N2O2.C4H7NO2S/c1-3-4-5-6-12-19(2)17(21)15-9-7-8-14(15)16(20)18-13-10-11-13;1-6-8(14-2)4-3-7-9(6)11-5-12-10(7)13;6-3-5-8(7)4-1-2-4/h3,13-15H,1,4-12H2,2H3,(H,18,20);3-5H,1-2H3,(H,11,12,13);3-4H,1-2H2,(H,5,6). The van der Waals surface area contributed by atoms with E-state index in [9.17, 15) is 23.4 Å². The van der Waals surface area contributed by atoms with Crippen LogP contribution in [0.25, 0.3) is 10.9 Å². The molecule has 3 N–H and O–H groups in total. The number of benzene rings is 1. The second-order valence-electron chi connectivity index (χ2n) is 11.2. The third kappa shape index (κ3) is 10.3. The summed E-state index contributed by atoms with van der Waals surface area (Å²) in [6, 6.07) is 3.87. The molecule has 0 saturated heterocycles. The Hall–Kier alpha value is -3.54. The zero-order chi connectivity index (χ0) is 31.4. The highest BCUT2D eigenvalue weighted by atomic mass is 32.2. The number of aromatic nitrogens is 2. The molecule has 1 heterocycles. The molecule has 0 bridgehead atoms. The zero-order valence-electron chi connectivity index (χ0n) is 25.4. The number of ether oxygens (including phenoxy) is 1. The number of carbonyl (C=O) groups excluding carboxylic acids is 3. The van der Waals surface area contributed by atoms with Crippen molar-refractivity contribution in [1.82, 2.24) is 24.9 Å². The Labute approximate surface area is 255 Å². The molecule has 0 aliphatic heterocycles. The number of rotatable bonds is 12. The van der Waals surface area contributed by atoms with Crippen molar-refractivity contribution in [2.75, 3.05) is 20.7 Å². The number of methoxy groups -OCH3 is 1. The number of nitrogens with zero attached hydrogens (tertiary/aromatic N) is 2. The maximum atomic E-state index is 12.6. The molecule has 3 aliphatic carbocycles. The molecular weight excluding hydrogens is 570 g/mol. The van der Waals surface area contributed by atoms with Gasteiger partial charge in [0.1, 0.15) is 16.7 Å². The minimum absolute atomic E-state index is 0.103. The maximum absolute atomic E-state index is 12.6. The van der Waals surface area contributed by atoms with Gasteiger partial charge in [-0.1, -0.05) is 12.5 Å². The van der Waals surface area contributed by atoms with Gasteiger partial charge in [0.2, 0.25) is 18.2 Å². The lowest BCUT2D eigenvalue weighted by atomic mass is 9.93. The molecule has 1 aromatic heterocycles. The van der Waals surface area contributed by atoms with Crippen LogP contribution >= 0.6 is 0 Å². The van der Waals surface area contributed by atoms with E-state index >= 15 is 0 Å². The van der Waals surface area contributed by atoms with Crippen molar-refractivity contribution in [1.29, 1.82) is 0 Å². The Morgan fingerprint density at radius 3 is 2.51 bits per heavy atom. The van der Waals surface area contributed by atoms with Crippen molar-refractivity contribution < 1.29 is 23.3 Å². The van der Waals surface area contributed by atoms with E-state index in [2.05, 4.69) is 26.6 Å². The molecule has 11 nitrogen and oxygen atoms in total. The summed E-state index contributed by atoms with van der Waals surface area (Å²) in [6.45, 7) is 6.37. The number of nitrogens with one attached hydrogen (secondary N) is 3. The van der Waals surface area contributed by atoms with Crippen LogP contribution in [-0.4, -0.2) is 69.3 Å². The van der Waals surface area contributed by atoms with Crippen LogP contribution in [0.1, 0.15) is 69.8 Å². The lowest BCUT2D eigenvalue weighted by Crippen LogP contribution is -2.41. The lowest BCUT2D eigenvalue weighted by molar-refractivity contribution is -0.139. The first-order chi connectivity index (χ1) is 20.7. The number of fused-ring (bicyclic) bond motifs is 1. The normalized spacial score (nSPS) is 19.5. The van der Waals surface area contributed by atoms with Crippen LogP contribution in [0.2, 0.25) is 0 Å². The molecule has 3 unspecified atom stereocenters. The van der Waals surface area contributed by atoms with Crippen LogP contribution in [-0.2, 0) is 25.4 Å². The molecule has 0 radical (unpaired) electrons. The second kappa shape index (κ2) is 16.9. The van der Waals surface area contributed by atoms with Crippen LogP contribution in [0.5, 0.6) is 5.75 Å². The van der Waals surface area contributed by atoms with Gasteiger partial charge in [0, 0.05) is 37.0 Å². The first kappa shape index (κ1) is 34.0. The van der Waals surface area contributed by atoms with Gasteiger partial charge in [0.15, 0.2) is 0 Å². The van der Waals surface area contributed by atoms with Gasteiger partial charge < -0.3 is 19.9 Å². The van der Waals surface area contributed by atoms with Gasteiger partial charge in [0.05, 0.1) is 29.6 Å². The number of unbranched alkanes of at least 4 members (excludes halogenated alkanes) is 2. The average molecular weight is 616 g/mol. The third-order valence-electron chi connectivity index (χ3n) is 7.85. The van der Waals surface area contributed by atoms with E-state index in [-0.39, 0.29) is 34.5 Å². The molecule has 1 aromatic carbocycles. The highest BCUT2D eigenvalue weighted by Gasteiger charge is 2.40. The van der Waals surface area contributed by atoms with Crippen LogP contribution in [0.3, 0.4) is 0 Å². The molecule has 2 aromatic rings. The molecule has 3 atom stereocenters. The number of hydrogen-bond donors (Lipinski definition) is 3. The largest absolute Gasteiger partial charge is 0.496 e. The first-order valence-corrected chi connectivity index (χ1v) is 16.2. The van der Waals surface area contributed by atoms with E-state index in [1.54, 1.807) is 19.2 Å². The van der Waals surface area contributed by atoms with Crippen molar-refractivity contribution >= 4 is 40.1 Å². The monoisotopic (exact) mass is 615 g/mol. The van der Waals surface area contributed by atoms with Crippen molar-refractivity contribution in [3.05, 3.63) is 47.0 Å². The van der Waals surface area contributed by atoms with Gasteiger partial charge in [-0.05, 0) is 76.8 Å². The molecule has 3 saturated carbocycles. The van der Waals surface area contributed by atoms with E-state index < -0.39 is 11.0 Å². The number of aryl methyl sites for hydroxylation is 1. The average Bonchev–Trinajstić information content (AvgIpc) is 3.95. The summed E-state index contributed by atoms with van der Waals surface area (Å²) >= 11 is 0. The summed E-state index contributed by atoms with van der Waals surface area (Å²) in [6.07, 6.45) is 13.8. The predicted molar refractivity (Wildman–Crippen MR) is 168 cm³/mol. The molecule has 3 amide bonds. The highest BCUT2D eigenvalue weighted by Crippen LogP contribution is 2.34. The molecule has 0 spiro atoms. The summed E-state index contributed by atoms with van der Waals surface area (Å²) in [5.74, 6) is 0.799. The topological polar surface area (TPSA) is 151 Å². The third-order valence-corrected chi connectivity index (χ3v) is 9.25. The Bertz CT molecular complexity index is 1340. The summed E-state index contributed by atoms with van der Waals surface area (Å²) in [5.41, 5.74) is 1.45. The van der Waals surface area contributed by atoms with Crippen LogP contribution in [0.4, 0.5) is 0 Å². The lowest BCUT2D eigenvalue weighted by Gasteiger charge is -2.24. The van der Waals surface area contributed by atoms with Gasteiger partial charge >= 0.3 is 0 Å². The van der Waals surface area contributed by atoms with Gasteiger partial charge in [-0.25, -0.2) is 9.19 Å². The van der Waals surface area contributed by atoms with E-state index in [4.69, 9.17) is 4.74 Å². The molecule has 3 fully saturated rings. The summed E-state index contributed by atoms with van der Waals surface area (Å²) in [5, 5.41) is 3.90. The van der Waals surface area contributed by atoms with Crippen molar-refractivity contribution in [3.8, 4) is 5.75 Å². The van der Waals surface area contributed by atoms with E-state index in [1.807, 2.05) is 24.9 Å². The molecule has 43 heavy (non-hydrogen) atoms. The summed E-state index contributed by atoms with van der Waals surface area (Å²) in [4.78, 5) is 54.3. The number of hydrogen-bond acceptors (Lipinski definition) is 7.